The maximum atomic E-state index is 13.1. The lowest BCUT2D eigenvalue weighted by Crippen LogP contribution is -2.36. The fraction of sp³-hybridized carbons (Fsp3) is 0.0526. The summed E-state index contributed by atoms with van der Waals surface area (Å²) in [6.45, 7) is 0. The number of para-hydroxylation sites is 1. The minimum Gasteiger partial charge on any atom is -0.258 e. The van der Waals surface area contributed by atoms with Gasteiger partial charge >= 0.3 is 11.0 Å². The van der Waals surface area contributed by atoms with Gasteiger partial charge in [0.1, 0.15) is 11.2 Å². The number of carbonyl (C=O) groups excluding carboxylic acids is 1. The van der Waals surface area contributed by atoms with E-state index in [0.29, 0.717) is 22.0 Å². The molecule has 0 aliphatic carbocycles. The summed E-state index contributed by atoms with van der Waals surface area (Å²) < 4.78 is 3.06. The largest absolute Gasteiger partial charge is 0.349 e. The maximum Gasteiger partial charge on any atom is 0.349 e. The summed E-state index contributed by atoms with van der Waals surface area (Å²) in [6.07, 6.45) is 0. The highest BCUT2D eigenvalue weighted by atomic mass is 32.1. The Morgan fingerprint density at radius 1 is 1.08 bits per heavy atom. The molecule has 3 aromatic carbocycles. The highest BCUT2D eigenvalue weighted by Gasteiger charge is 2.42. The summed E-state index contributed by atoms with van der Waals surface area (Å²) >= 11 is 1.52. The number of nitro benzene ring substituents is 1. The Bertz CT molecular complexity index is 1260. The standard InChI is InChI=1S/C19H12N3O3S/c1-20-14-6-2-3-8-16(14)26-19(20)21-15-7-4-5-11-13(22(24)25)10-9-12(17(11)15)18(21)23/h2-10H,1H3/q+1. The van der Waals surface area contributed by atoms with Crippen LogP contribution >= 0.6 is 11.3 Å². The fourth-order valence-electron chi connectivity index (χ4n) is 3.60. The maximum absolute atomic E-state index is 13.1. The number of benzene rings is 3. The molecule has 0 saturated heterocycles. The summed E-state index contributed by atoms with van der Waals surface area (Å²) in [5.41, 5.74) is 2.24. The van der Waals surface area contributed by atoms with Gasteiger partial charge in [0.05, 0.1) is 33.0 Å². The van der Waals surface area contributed by atoms with Gasteiger partial charge in [-0.05, 0) is 41.7 Å². The SMILES string of the molecule is C[n+]1c(N2C(=O)c3ccc([N+](=O)[O-])c4cccc2c34)sc2ccccc21. The van der Waals surface area contributed by atoms with Gasteiger partial charge in [-0.25, -0.2) is 9.36 Å². The number of non-ortho nitro benzene ring substituents is 1. The lowest BCUT2D eigenvalue weighted by atomic mass is 10.0. The van der Waals surface area contributed by atoms with Crippen molar-refractivity contribution in [3.63, 3.8) is 0 Å². The van der Waals surface area contributed by atoms with Crippen molar-refractivity contribution in [2.24, 2.45) is 7.05 Å². The van der Waals surface area contributed by atoms with E-state index in [1.54, 1.807) is 23.1 Å². The average Bonchev–Trinajstić information content (AvgIpc) is 3.12. The Morgan fingerprint density at radius 3 is 2.65 bits per heavy atom. The molecule has 6 nitrogen and oxygen atoms in total. The first kappa shape index (κ1) is 15.0. The predicted octanol–water partition coefficient (Wildman–Crippen LogP) is 4.08. The van der Waals surface area contributed by atoms with Crippen LogP contribution in [0.5, 0.6) is 0 Å². The van der Waals surface area contributed by atoms with E-state index >= 15 is 0 Å². The number of aromatic nitrogens is 1. The van der Waals surface area contributed by atoms with E-state index in [4.69, 9.17) is 0 Å². The molecule has 0 radical (unpaired) electrons. The first-order valence-electron chi connectivity index (χ1n) is 8.00. The van der Waals surface area contributed by atoms with Crippen molar-refractivity contribution < 1.29 is 14.3 Å². The monoisotopic (exact) mass is 362 g/mol. The zero-order valence-electron chi connectivity index (χ0n) is 13.7. The highest BCUT2D eigenvalue weighted by Crippen LogP contribution is 2.45. The normalized spacial score (nSPS) is 13.1. The van der Waals surface area contributed by atoms with Crippen molar-refractivity contribution in [3.8, 4) is 0 Å². The molecule has 5 rings (SSSR count). The Hall–Kier alpha value is -3.32. The molecule has 1 aliphatic heterocycles. The van der Waals surface area contributed by atoms with E-state index in [2.05, 4.69) is 0 Å². The lowest BCUT2D eigenvalue weighted by Gasteiger charge is -2.07. The number of anilines is 2. The van der Waals surface area contributed by atoms with Crippen LogP contribution in [0.15, 0.2) is 54.6 Å². The van der Waals surface area contributed by atoms with E-state index in [1.807, 2.05) is 41.9 Å². The summed E-state index contributed by atoms with van der Waals surface area (Å²) in [5, 5.41) is 13.3. The molecule has 7 heteroatoms. The number of nitro groups is 1. The fourth-order valence-corrected chi connectivity index (χ4v) is 4.76. The Morgan fingerprint density at radius 2 is 1.88 bits per heavy atom. The van der Waals surface area contributed by atoms with Crippen LogP contribution in [0.4, 0.5) is 16.5 Å². The highest BCUT2D eigenvalue weighted by molar-refractivity contribution is 7.22. The first-order chi connectivity index (χ1) is 12.6. The molecule has 126 valence electrons. The molecule has 0 saturated carbocycles. The predicted molar refractivity (Wildman–Crippen MR) is 100 cm³/mol. The average molecular weight is 362 g/mol. The number of rotatable bonds is 2. The van der Waals surface area contributed by atoms with Gasteiger partial charge in [0.15, 0.2) is 0 Å². The quantitative estimate of drug-likeness (QED) is 0.307. The molecule has 0 atom stereocenters. The van der Waals surface area contributed by atoms with E-state index in [9.17, 15) is 14.9 Å². The topological polar surface area (TPSA) is 67.3 Å². The van der Waals surface area contributed by atoms with E-state index in [-0.39, 0.29) is 11.6 Å². The van der Waals surface area contributed by atoms with Gasteiger partial charge in [-0.1, -0.05) is 18.2 Å². The molecule has 1 amide bonds. The van der Waals surface area contributed by atoms with Crippen LogP contribution in [0.1, 0.15) is 10.4 Å². The second-order valence-electron chi connectivity index (χ2n) is 6.14. The van der Waals surface area contributed by atoms with Gasteiger partial charge in [-0.15, -0.1) is 4.90 Å². The number of hydrogen-bond donors (Lipinski definition) is 0. The van der Waals surface area contributed by atoms with E-state index < -0.39 is 4.92 Å². The van der Waals surface area contributed by atoms with Gasteiger partial charge in [-0.3, -0.25) is 10.1 Å². The molecule has 0 bridgehead atoms. The van der Waals surface area contributed by atoms with Gasteiger partial charge in [0, 0.05) is 6.07 Å². The Balaban J connectivity index is 1.82. The molecule has 0 N–H and O–H groups in total. The molecular formula is C19H12N3O3S+. The summed E-state index contributed by atoms with van der Waals surface area (Å²) in [5.74, 6) is -0.159. The third-order valence-electron chi connectivity index (χ3n) is 4.77. The van der Waals surface area contributed by atoms with Crippen LogP contribution < -0.4 is 9.47 Å². The number of carbonyl (C=O) groups is 1. The van der Waals surface area contributed by atoms with Crippen molar-refractivity contribution in [2.45, 2.75) is 0 Å². The number of aryl methyl sites for hydroxylation is 1. The number of amides is 1. The van der Waals surface area contributed by atoms with Crippen LogP contribution in [0, 0.1) is 10.1 Å². The molecule has 26 heavy (non-hydrogen) atoms. The third-order valence-corrected chi connectivity index (χ3v) is 5.98. The van der Waals surface area contributed by atoms with Crippen LogP contribution in [-0.2, 0) is 7.05 Å². The van der Waals surface area contributed by atoms with Crippen LogP contribution in [0.2, 0.25) is 0 Å². The molecular weight excluding hydrogens is 350 g/mol. The Labute approximate surface area is 151 Å². The molecule has 0 unspecified atom stereocenters. The van der Waals surface area contributed by atoms with Crippen LogP contribution in [-0.4, -0.2) is 10.8 Å². The van der Waals surface area contributed by atoms with Gasteiger partial charge in [0.25, 0.3) is 5.69 Å². The lowest BCUT2D eigenvalue weighted by molar-refractivity contribution is -0.627. The van der Waals surface area contributed by atoms with Crippen molar-refractivity contribution >= 4 is 54.7 Å². The van der Waals surface area contributed by atoms with Gasteiger partial charge < -0.3 is 0 Å². The van der Waals surface area contributed by atoms with Crippen molar-refractivity contribution in [2.75, 3.05) is 4.90 Å². The summed E-state index contributed by atoms with van der Waals surface area (Å²) in [7, 11) is 1.92. The van der Waals surface area contributed by atoms with Crippen LogP contribution in [0.3, 0.4) is 0 Å². The van der Waals surface area contributed by atoms with Gasteiger partial charge in [-0.2, -0.15) is 0 Å². The minimum atomic E-state index is -0.407. The summed E-state index contributed by atoms with van der Waals surface area (Å²) in [4.78, 5) is 25.8. The van der Waals surface area contributed by atoms with Crippen molar-refractivity contribution in [1.29, 1.82) is 0 Å². The number of fused-ring (bicyclic) bond motifs is 1. The molecule has 0 spiro atoms. The van der Waals surface area contributed by atoms with Gasteiger partial charge in [0.2, 0.25) is 0 Å². The molecule has 4 aromatic rings. The summed E-state index contributed by atoms with van der Waals surface area (Å²) in [6, 6.07) is 16.2. The molecule has 0 fully saturated rings. The molecule has 1 aliphatic rings. The van der Waals surface area contributed by atoms with Crippen molar-refractivity contribution in [1.82, 2.24) is 0 Å². The zero-order valence-corrected chi connectivity index (χ0v) is 14.5. The van der Waals surface area contributed by atoms with E-state index in [1.165, 1.54) is 17.4 Å². The molecule has 1 aromatic heterocycles. The van der Waals surface area contributed by atoms with E-state index in [0.717, 1.165) is 15.3 Å². The zero-order chi connectivity index (χ0) is 18.0. The third kappa shape index (κ3) is 1.80. The first-order valence-corrected chi connectivity index (χ1v) is 8.81. The second-order valence-corrected chi connectivity index (χ2v) is 7.15. The van der Waals surface area contributed by atoms with Crippen molar-refractivity contribution in [3.05, 3.63) is 70.3 Å². The number of hydrogen-bond acceptors (Lipinski definition) is 4. The number of nitrogens with zero attached hydrogens (tertiary/aromatic N) is 3. The second kappa shape index (κ2) is 5.09. The van der Waals surface area contributed by atoms with Crippen LogP contribution in [0.25, 0.3) is 21.0 Å². The smallest absolute Gasteiger partial charge is 0.258 e. The molecule has 2 heterocycles. The number of thiazole rings is 1. The minimum absolute atomic E-state index is 0.0148. The Kier molecular flexibility index (Phi) is 2.93.